The average molecular weight is 460 g/mol. The molecule has 0 saturated heterocycles. The van der Waals surface area contributed by atoms with E-state index in [1.165, 1.54) is 12.1 Å². The summed E-state index contributed by atoms with van der Waals surface area (Å²) >= 11 is 0. The summed E-state index contributed by atoms with van der Waals surface area (Å²) in [6.45, 7) is 0.274. The molecule has 0 saturated carbocycles. The first-order valence-electron chi connectivity index (χ1n) is 10.1. The second-order valence-corrected chi connectivity index (χ2v) is 8.76. The highest BCUT2D eigenvalue weighted by molar-refractivity contribution is 7.92. The Morgan fingerprint density at radius 2 is 1.52 bits per heavy atom. The van der Waals surface area contributed by atoms with Gasteiger partial charge in [-0.2, -0.15) is 0 Å². The first-order valence-corrected chi connectivity index (χ1v) is 11.6. The second kappa shape index (κ2) is 9.97. The Labute approximate surface area is 192 Å². The molecule has 0 atom stereocenters. The van der Waals surface area contributed by atoms with E-state index in [9.17, 15) is 13.2 Å². The van der Waals surface area contributed by atoms with E-state index in [-0.39, 0.29) is 22.7 Å². The van der Waals surface area contributed by atoms with Gasteiger partial charge in [0.1, 0.15) is 11.5 Å². The normalized spacial score (nSPS) is 10.9. The van der Waals surface area contributed by atoms with Crippen LogP contribution >= 0.6 is 0 Å². The molecule has 0 aliphatic rings. The van der Waals surface area contributed by atoms with E-state index < -0.39 is 15.9 Å². The summed E-state index contributed by atoms with van der Waals surface area (Å²) in [6.07, 6.45) is 3.30. The fourth-order valence-electron chi connectivity index (χ4n) is 3.07. The molecule has 7 nitrogen and oxygen atoms in total. The minimum Gasteiger partial charge on any atom is -0.457 e. The lowest BCUT2D eigenvalue weighted by molar-refractivity contribution is 0.0952. The Bertz CT molecular complexity index is 1330. The van der Waals surface area contributed by atoms with Crippen LogP contribution in [-0.4, -0.2) is 19.3 Å². The van der Waals surface area contributed by atoms with Gasteiger partial charge < -0.3 is 10.1 Å². The number of aromatic nitrogens is 1. The van der Waals surface area contributed by atoms with E-state index in [0.29, 0.717) is 11.5 Å². The van der Waals surface area contributed by atoms with Gasteiger partial charge in [0.2, 0.25) is 0 Å². The Morgan fingerprint density at radius 1 is 0.818 bits per heavy atom. The topological polar surface area (TPSA) is 97.4 Å². The van der Waals surface area contributed by atoms with E-state index in [1.54, 1.807) is 54.9 Å². The number of carbonyl (C=O) groups excluding carboxylic acids is 1. The molecule has 0 unspecified atom stereocenters. The Morgan fingerprint density at radius 3 is 2.24 bits per heavy atom. The van der Waals surface area contributed by atoms with Crippen LogP contribution in [0.25, 0.3) is 0 Å². The number of rotatable bonds is 8. The first-order chi connectivity index (χ1) is 16.0. The average Bonchev–Trinajstić information content (AvgIpc) is 2.84. The van der Waals surface area contributed by atoms with Crippen LogP contribution < -0.4 is 14.8 Å². The lowest BCUT2D eigenvalue weighted by atomic mass is 10.1. The molecule has 1 heterocycles. The summed E-state index contributed by atoms with van der Waals surface area (Å²) in [5, 5.41) is 2.78. The minimum absolute atomic E-state index is 0.0495. The molecule has 1 amide bonds. The molecule has 8 heteroatoms. The molecular formula is C25H21N3O4S. The monoisotopic (exact) mass is 459 g/mol. The van der Waals surface area contributed by atoms with Crippen LogP contribution in [0.4, 0.5) is 5.69 Å². The summed E-state index contributed by atoms with van der Waals surface area (Å²) in [5.74, 6) is 0.761. The molecule has 0 bridgehead atoms. The number of pyridine rings is 1. The highest BCUT2D eigenvalue weighted by atomic mass is 32.2. The van der Waals surface area contributed by atoms with Crippen molar-refractivity contribution < 1.29 is 17.9 Å². The maximum absolute atomic E-state index is 12.9. The van der Waals surface area contributed by atoms with Gasteiger partial charge >= 0.3 is 0 Å². The lowest BCUT2D eigenvalue weighted by Gasteiger charge is -2.13. The minimum atomic E-state index is -3.92. The summed E-state index contributed by atoms with van der Waals surface area (Å²) in [4.78, 5) is 16.8. The predicted octanol–water partition coefficient (Wildman–Crippen LogP) is 4.60. The zero-order valence-electron chi connectivity index (χ0n) is 17.5. The summed E-state index contributed by atoms with van der Waals surface area (Å²) in [6, 6.07) is 25.3. The van der Waals surface area contributed by atoms with Crippen molar-refractivity contribution in [2.45, 2.75) is 11.4 Å². The van der Waals surface area contributed by atoms with Crippen LogP contribution in [0.15, 0.2) is 108 Å². The van der Waals surface area contributed by atoms with Crippen LogP contribution in [0.5, 0.6) is 11.5 Å². The van der Waals surface area contributed by atoms with Crippen LogP contribution in [0.1, 0.15) is 15.9 Å². The number of nitrogens with zero attached hydrogens (tertiary/aromatic N) is 1. The molecule has 0 aliphatic carbocycles. The third-order valence-corrected chi connectivity index (χ3v) is 6.09. The lowest BCUT2D eigenvalue weighted by Crippen LogP contribution is -2.25. The van der Waals surface area contributed by atoms with Crippen molar-refractivity contribution in [2.75, 3.05) is 4.72 Å². The summed E-state index contributed by atoms with van der Waals surface area (Å²) in [5.41, 5.74) is 1.24. The fourth-order valence-corrected chi connectivity index (χ4v) is 4.15. The maximum atomic E-state index is 12.9. The quantitative estimate of drug-likeness (QED) is 0.401. The first kappa shape index (κ1) is 22.0. The molecule has 3 aromatic carbocycles. The third-order valence-electron chi connectivity index (χ3n) is 4.70. The number of anilines is 1. The molecule has 4 aromatic rings. The molecular weight excluding hydrogens is 438 g/mol. The Kier molecular flexibility index (Phi) is 6.66. The molecule has 0 fully saturated rings. The number of para-hydroxylation sites is 2. The van der Waals surface area contributed by atoms with Crippen molar-refractivity contribution in [3.63, 3.8) is 0 Å². The number of hydrogen-bond acceptors (Lipinski definition) is 5. The molecule has 33 heavy (non-hydrogen) atoms. The fraction of sp³-hybridized carbons (Fsp3) is 0.0400. The third kappa shape index (κ3) is 5.75. The van der Waals surface area contributed by atoms with Crippen molar-refractivity contribution in [3.05, 3.63) is 115 Å². The van der Waals surface area contributed by atoms with Gasteiger partial charge in [0.25, 0.3) is 15.9 Å². The van der Waals surface area contributed by atoms with Gasteiger partial charge in [-0.05, 0) is 60.2 Å². The number of benzene rings is 3. The van der Waals surface area contributed by atoms with Crippen LogP contribution in [-0.2, 0) is 16.6 Å². The molecule has 166 valence electrons. The summed E-state index contributed by atoms with van der Waals surface area (Å²) < 4.78 is 34.1. The van der Waals surface area contributed by atoms with E-state index in [0.717, 1.165) is 5.56 Å². The number of hydrogen-bond donors (Lipinski definition) is 2. The van der Waals surface area contributed by atoms with Crippen molar-refractivity contribution in [1.29, 1.82) is 0 Å². The highest BCUT2D eigenvalue weighted by Crippen LogP contribution is 2.25. The molecule has 1 aromatic heterocycles. The summed E-state index contributed by atoms with van der Waals surface area (Å²) in [7, 11) is -3.92. The number of amides is 1. The predicted molar refractivity (Wildman–Crippen MR) is 126 cm³/mol. The Balaban J connectivity index is 1.47. The van der Waals surface area contributed by atoms with Crippen molar-refractivity contribution in [2.24, 2.45) is 0 Å². The largest absolute Gasteiger partial charge is 0.457 e. The van der Waals surface area contributed by atoms with Gasteiger partial charge in [-0.15, -0.1) is 0 Å². The van der Waals surface area contributed by atoms with Gasteiger partial charge in [-0.3, -0.25) is 14.5 Å². The SMILES string of the molecule is O=C(NCc1cccnc1)c1ccccc1NS(=O)(=O)c1ccc(Oc2ccccc2)cc1. The Hall–Kier alpha value is -4.17. The zero-order valence-corrected chi connectivity index (χ0v) is 18.3. The second-order valence-electron chi connectivity index (χ2n) is 7.08. The number of nitrogens with one attached hydrogen (secondary N) is 2. The van der Waals surface area contributed by atoms with E-state index >= 15 is 0 Å². The van der Waals surface area contributed by atoms with Crippen molar-refractivity contribution >= 4 is 21.6 Å². The number of ether oxygens (including phenoxy) is 1. The zero-order chi connectivity index (χ0) is 23.1. The van der Waals surface area contributed by atoms with E-state index in [1.807, 2.05) is 36.4 Å². The van der Waals surface area contributed by atoms with Crippen LogP contribution in [0, 0.1) is 0 Å². The van der Waals surface area contributed by atoms with Gasteiger partial charge in [-0.1, -0.05) is 36.4 Å². The molecule has 2 N–H and O–H groups in total. The smallest absolute Gasteiger partial charge is 0.261 e. The molecule has 0 spiro atoms. The van der Waals surface area contributed by atoms with Gasteiger partial charge in [0, 0.05) is 18.9 Å². The number of carbonyl (C=O) groups is 1. The van der Waals surface area contributed by atoms with Gasteiger partial charge in [0.15, 0.2) is 0 Å². The molecule has 4 rings (SSSR count). The molecule has 0 radical (unpaired) electrons. The van der Waals surface area contributed by atoms with Crippen LogP contribution in [0.2, 0.25) is 0 Å². The van der Waals surface area contributed by atoms with E-state index in [2.05, 4.69) is 15.0 Å². The van der Waals surface area contributed by atoms with Gasteiger partial charge in [0.05, 0.1) is 16.1 Å². The van der Waals surface area contributed by atoms with Crippen molar-refractivity contribution in [3.8, 4) is 11.5 Å². The standard InChI is InChI=1S/C25H21N3O4S/c29-25(27-18-19-7-6-16-26-17-19)23-10-4-5-11-24(23)28-33(30,31)22-14-12-21(13-15-22)32-20-8-2-1-3-9-20/h1-17,28H,18H2,(H,27,29). The number of sulfonamides is 1. The van der Waals surface area contributed by atoms with Gasteiger partial charge in [-0.25, -0.2) is 8.42 Å². The van der Waals surface area contributed by atoms with E-state index in [4.69, 9.17) is 4.74 Å². The molecule has 0 aliphatic heterocycles. The highest BCUT2D eigenvalue weighted by Gasteiger charge is 2.19. The van der Waals surface area contributed by atoms with Crippen molar-refractivity contribution in [1.82, 2.24) is 10.3 Å². The van der Waals surface area contributed by atoms with Crippen LogP contribution in [0.3, 0.4) is 0 Å². The maximum Gasteiger partial charge on any atom is 0.261 e.